The van der Waals surface area contributed by atoms with Gasteiger partial charge in [-0.3, -0.25) is 0 Å². The maximum atomic E-state index is 13.0. The first-order valence-corrected chi connectivity index (χ1v) is 15.3. The third-order valence-corrected chi connectivity index (χ3v) is 9.13. The van der Waals surface area contributed by atoms with E-state index in [1.807, 2.05) is 30.3 Å². The molecular formula is C33H44O14. The normalized spacial score (nSPS) is 31.8. The molecule has 0 aromatic heterocycles. The van der Waals surface area contributed by atoms with Crippen LogP contribution in [0, 0.1) is 17.8 Å². The largest absolute Gasteiger partial charge is 0.479 e. The average Bonchev–Trinajstić information content (AvgIpc) is 3.22. The molecule has 2 saturated heterocycles. The van der Waals surface area contributed by atoms with Crippen LogP contribution in [0.1, 0.15) is 52.5 Å². The van der Waals surface area contributed by atoms with E-state index in [4.69, 9.17) is 14.2 Å². The highest BCUT2D eigenvalue weighted by atomic mass is 16.8. The van der Waals surface area contributed by atoms with Crippen LogP contribution < -0.4 is 0 Å². The van der Waals surface area contributed by atoms with Crippen molar-refractivity contribution in [2.75, 3.05) is 0 Å². The second-order valence-electron chi connectivity index (χ2n) is 12.7. The minimum absolute atomic E-state index is 0.143. The lowest BCUT2D eigenvalue weighted by atomic mass is 9.74. The molecule has 1 aromatic rings. The number of fused-ring (bicyclic) bond motifs is 2. The number of allylic oxidation sites excluding steroid dienone is 1. The summed E-state index contributed by atoms with van der Waals surface area (Å²) < 4.78 is 16.3. The van der Waals surface area contributed by atoms with Gasteiger partial charge in [0.05, 0.1) is 12.2 Å². The molecule has 260 valence electrons. The van der Waals surface area contributed by atoms with Crippen LogP contribution in [-0.2, 0) is 39.8 Å². The molecule has 1 aromatic carbocycles. The Kier molecular flexibility index (Phi) is 11.8. The maximum absolute atomic E-state index is 13.0. The Balaban J connectivity index is 1.96. The summed E-state index contributed by atoms with van der Waals surface area (Å²) in [7, 11) is 0. The Morgan fingerprint density at radius 3 is 2.15 bits per heavy atom. The van der Waals surface area contributed by atoms with Crippen molar-refractivity contribution in [1.29, 1.82) is 0 Å². The van der Waals surface area contributed by atoms with Crippen LogP contribution in [0.25, 0.3) is 0 Å². The van der Waals surface area contributed by atoms with Crippen molar-refractivity contribution in [3.63, 3.8) is 0 Å². The smallest absolute Gasteiger partial charge is 0.344 e. The molecule has 11 atom stereocenters. The summed E-state index contributed by atoms with van der Waals surface area (Å²) in [5.41, 5.74) is -6.35. The molecule has 0 saturated carbocycles. The lowest BCUT2D eigenvalue weighted by Gasteiger charge is -2.48. The van der Waals surface area contributed by atoms with Gasteiger partial charge in [-0.1, -0.05) is 63.8 Å². The summed E-state index contributed by atoms with van der Waals surface area (Å²) >= 11 is 0. The Labute approximate surface area is 271 Å². The number of carbonyl (C=O) groups is 4. The van der Waals surface area contributed by atoms with Crippen molar-refractivity contribution >= 4 is 23.9 Å². The summed E-state index contributed by atoms with van der Waals surface area (Å²) in [6.45, 7) is 10.8. The van der Waals surface area contributed by atoms with E-state index >= 15 is 0 Å². The van der Waals surface area contributed by atoms with Gasteiger partial charge in [-0.2, -0.15) is 0 Å². The molecule has 7 N–H and O–H groups in total. The first-order chi connectivity index (χ1) is 21.8. The number of aliphatic carboxylic acids is 3. The van der Waals surface area contributed by atoms with Crippen LogP contribution in [-0.4, -0.2) is 107 Å². The molecule has 3 rings (SSSR count). The van der Waals surface area contributed by atoms with Gasteiger partial charge in [0.25, 0.3) is 0 Å². The van der Waals surface area contributed by atoms with Crippen molar-refractivity contribution < 1.29 is 69.1 Å². The molecule has 0 spiro atoms. The number of benzene rings is 1. The van der Waals surface area contributed by atoms with Crippen molar-refractivity contribution in [1.82, 2.24) is 0 Å². The number of carboxylic acid groups (broad SMARTS) is 3. The van der Waals surface area contributed by atoms with E-state index in [0.717, 1.165) is 11.6 Å². The number of hydrogen-bond donors (Lipinski definition) is 7. The summed E-state index contributed by atoms with van der Waals surface area (Å²) in [5.74, 6) is -11.4. The zero-order valence-corrected chi connectivity index (χ0v) is 26.7. The van der Waals surface area contributed by atoms with Crippen LogP contribution in [0.4, 0.5) is 0 Å². The Bertz CT molecular complexity index is 1360. The van der Waals surface area contributed by atoms with Gasteiger partial charge in [0.1, 0.15) is 6.10 Å². The molecule has 14 nitrogen and oxygen atoms in total. The summed E-state index contributed by atoms with van der Waals surface area (Å²) in [5, 5.41) is 73.8. The fraction of sp³-hybridized carbons (Fsp3) is 0.576. The molecule has 2 heterocycles. The number of aliphatic hydroxyl groups excluding tert-OH is 3. The molecule has 0 amide bonds. The van der Waals surface area contributed by atoms with E-state index < -0.39 is 77.8 Å². The number of carbonyl (C=O) groups excluding carboxylic acids is 1. The molecule has 2 bridgehead atoms. The highest BCUT2D eigenvalue weighted by molar-refractivity contribution is 5.98. The topological polar surface area (TPSA) is 238 Å². The zero-order chi connectivity index (χ0) is 35.5. The minimum atomic E-state index is -3.90. The summed E-state index contributed by atoms with van der Waals surface area (Å²) in [6.07, 6.45) is -7.00. The fourth-order valence-corrected chi connectivity index (χ4v) is 6.20. The molecule has 14 heteroatoms. The fourth-order valence-electron chi connectivity index (χ4n) is 6.20. The number of carboxylic acids is 3. The molecule has 0 radical (unpaired) electrons. The van der Waals surface area contributed by atoms with Crippen molar-refractivity contribution in [2.45, 2.75) is 101 Å². The lowest BCUT2D eigenvalue weighted by molar-refractivity contribution is -0.374. The number of ether oxygens (including phenoxy) is 3. The van der Waals surface area contributed by atoms with Crippen molar-refractivity contribution in [3.8, 4) is 0 Å². The second-order valence-corrected chi connectivity index (χ2v) is 12.7. The van der Waals surface area contributed by atoms with Gasteiger partial charge in [-0.05, 0) is 55.1 Å². The second kappa shape index (κ2) is 14.6. The standard InChI is InChI=1S/C33H44O14/c1-17(15-19(3)21(5)34)11-12-23(35)45-26-25(37)31(14-13-18(2)24(36)20(4)16-22-9-7-6-8-10-22)46-27(28(38)39)32(44,29(40)41)33(26,47-31)30(42)43/h6-12,17,19-21,24-27,34,36-37,44H,2,13-16H2,1,3-5H3,(H,38,39)(H,40,41)(H,42,43)/b12-11+/t17-,19-,20-,21-,24-,25-,26-,27-,31+,32-,33+/m1/s1. The Morgan fingerprint density at radius 1 is 1.00 bits per heavy atom. The van der Waals surface area contributed by atoms with E-state index in [-0.39, 0.29) is 29.7 Å². The molecule has 0 aliphatic carbocycles. The molecular weight excluding hydrogens is 620 g/mol. The van der Waals surface area contributed by atoms with E-state index in [2.05, 4.69) is 6.58 Å². The molecule has 2 aliphatic rings. The van der Waals surface area contributed by atoms with Gasteiger partial charge in [0, 0.05) is 12.5 Å². The summed E-state index contributed by atoms with van der Waals surface area (Å²) in [4.78, 5) is 50.5. The van der Waals surface area contributed by atoms with Gasteiger partial charge in [-0.15, -0.1) is 0 Å². The molecule has 2 aliphatic heterocycles. The highest BCUT2D eigenvalue weighted by Gasteiger charge is 2.85. The first-order valence-electron chi connectivity index (χ1n) is 15.3. The van der Waals surface area contributed by atoms with Crippen LogP contribution in [0.15, 0.2) is 54.6 Å². The zero-order valence-electron chi connectivity index (χ0n) is 26.7. The summed E-state index contributed by atoms with van der Waals surface area (Å²) in [6, 6.07) is 9.26. The molecule has 0 unspecified atom stereocenters. The third-order valence-electron chi connectivity index (χ3n) is 9.13. The predicted octanol–water partition coefficient (Wildman–Crippen LogP) is 1.28. The van der Waals surface area contributed by atoms with Gasteiger partial charge in [-0.25, -0.2) is 19.2 Å². The first kappa shape index (κ1) is 37.8. The minimum Gasteiger partial charge on any atom is -0.479 e. The lowest BCUT2D eigenvalue weighted by Crippen LogP contribution is -2.78. The van der Waals surface area contributed by atoms with Crippen LogP contribution in [0.2, 0.25) is 0 Å². The van der Waals surface area contributed by atoms with Gasteiger partial charge >= 0.3 is 23.9 Å². The van der Waals surface area contributed by atoms with Crippen LogP contribution >= 0.6 is 0 Å². The quantitative estimate of drug-likeness (QED) is 0.0749. The number of esters is 1. The van der Waals surface area contributed by atoms with Crippen molar-refractivity contribution in [2.24, 2.45) is 17.8 Å². The monoisotopic (exact) mass is 664 g/mol. The van der Waals surface area contributed by atoms with Crippen molar-refractivity contribution in [3.05, 3.63) is 60.2 Å². The predicted molar refractivity (Wildman–Crippen MR) is 163 cm³/mol. The molecule has 2 fully saturated rings. The number of aliphatic hydroxyl groups is 4. The number of hydrogen-bond acceptors (Lipinski definition) is 11. The Morgan fingerprint density at radius 2 is 1.62 bits per heavy atom. The SMILES string of the molecule is C=C(CC[C@]12O[C@H](C(=O)O)[C@@](O)(C(=O)O)[C@](C(=O)O)(O1)[C@H](OC(=O)/C=C/[C@@H](C)C[C@@H](C)[C@@H](C)O)[C@H]2O)[C@@H](O)[C@H](C)Cc1ccccc1. The van der Waals surface area contributed by atoms with E-state index in [1.54, 1.807) is 27.7 Å². The van der Waals surface area contributed by atoms with E-state index in [9.17, 15) is 54.9 Å². The van der Waals surface area contributed by atoms with Gasteiger partial charge < -0.3 is 50.0 Å². The van der Waals surface area contributed by atoms with Crippen LogP contribution in [0.5, 0.6) is 0 Å². The molecule has 47 heavy (non-hydrogen) atoms. The van der Waals surface area contributed by atoms with E-state index in [1.165, 1.54) is 6.08 Å². The third kappa shape index (κ3) is 7.27. The highest BCUT2D eigenvalue weighted by Crippen LogP contribution is 2.55. The van der Waals surface area contributed by atoms with Crippen LogP contribution in [0.3, 0.4) is 0 Å². The Hall–Kier alpha value is -3.66. The van der Waals surface area contributed by atoms with Gasteiger partial charge in [0.2, 0.25) is 23.1 Å². The number of rotatable bonds is 16. The maximum Gasteiger partial charge on any atom is 0.344 e. The average molecular weight is 665 g/mol. The van der Waals surface area contributed by atoms with Gasteiger partial charge in [0.15, 0.2) is 6.10 Å². The van der Waals surface area contributed by atoms with E-state index in [0.29, 0.717) is 12.8 Å².